The highest BCUT2D eigenvalue weighted by molar-refractivity contribution is 7.10. The van der Waals surface area contributed by atoms with E-state index < -0.39 is 11.9 Å². The molecule has 0 fully saturated rings. The van der Waals surface area contributed by atoms with Crippen molar-refractivity contribution in [1.29, 1.82) is 5.26 Å². The van der Waals surface area contributed by atoms with Gasteiger partial charge in [-0.15, -0.1) is 0 Å². The zero-order valence-electron chi connectivity index (χ0n) is 14.1. The van der Waals surface area contributed by atoms with Gasteiger partial charge in [0.05, 0.1) is 16.9 Å². The largest absolute Gasteiger partial charge is 0.370 e. The van der Waals surface area contributed by atoms with E-state index in [-0.39, 0.29) is 0 Å². The van der Waals surface area contributed by atoms with Gasteiger partial charge in [0.15, 0.2) is 0 Å². The standard InChI is InChI=1S/C19H17N5OS/c1-12-9-17(26-24-12)23-16-10-15(8-7-14(16)11-20)22-18(19(21)25)13-5-3-2-4-6-13/h2-10,18,22-23H,1H3,(H2,21,25). The van der Waals surface area contributed by atoms with Gasteiger partial charge < -0.3 is 16.4 Å². The Morgan fingerprint density at radius 1 is 1.23 bits per heavy atom. The number of anilines is 3. The Bertz CT molecular complexity index is 962. The molecule has 1 heterocycles. The third kappa shape index (κ3) is 3.99. The van der Waals surface area contributed by atoms with Crippen LogP contribution in [-0.4, -0.2) is 10.3 Å². The first-order chi connectivity index (χ1) is 12.6. The average Bonchev–Trinajstić information content (AvgIpc) is 3.05. The smallest absolute Gasteiger partial charge is 0.244 e. The minimum absolute atomic E-state index is 0.479. The van der Waals surface area contributed by atoms with Crippen LogP contribution in [0, 0.1) is 18.3 Å². The van der Waals surface area contributed by atoms with Gasteiger partial charge in [-0.25, -0.2) is 0 Å². The Labute approximate surface area is 155 Å². The predicted molar refractivity (Wildman–Crippen MR) is 103 cm³/mol. The van der Waals surface area contributed by atoms with E-state index in [4.69, 9.17) is 5.73 Å². The maximum Gasteiger partial charge on any atom is 0.244 e. The van der Waals surface area contributed by atoms with Crippen molar-refractivity contribution in [3.05, 3.63) is 71.4 Å². The van der Waals surface area contributed by atoms with Crippen molar-refractivity contribution in [1.82, 2.24) is 4.37 Å². The zero-order valence-corrected chi connectivity index (χ0v) is 14.9. The molecule has 0 saturated heterocycles. The molecule has 3 rings (SSSR count). The van der Waals surface area contributed by atoms with Gasteiger partial charge >= 0.3 is 0 Å². The maximum atomic E-state index is 11.9. The molecule has 0 aliphatic heterocycles. The summed E-state index contributed by atoms with van der Waals surface area (Å²) in [7, 11) is 0. The lowest BCUT2D eigenvalue weighted by atomic mass is 10.1. The summed E-state index contributed by atoms with van der Waals surface area (Å²) in [6, 6.07) is 17.9. The lowest BCUT2D eigenvalue weighted by Gasteiger charge is -2.18. The molecule has 0 aliphatic rings. The van der Waals surface area contributed by atoms with Crippen LogP contribution in [0.3, 0.4) is 0 Å². The summed E-state index contributed by atoms with van der Waals surface area (Å²) in [5, 5.41) is 16.5. The number of carbonyl (C=O) groups is 1. The molecule has 26 heavy (non-hydrogen) atoms. The van der Waals surface area contributed by atoms with Crippen molar-refractivity contribution in [2.75, 3.05) is 10.6 Å². The quantitative estimate of drug-likeness (QED) is 0.619. The number of hydrogen-bond acceptors (Lipinski definition) is 6. The van der Waals surface area contributed by atoms with E-state index in [0.717, 1.165) is 16.3 Å². The summed E-state index contributed by atoms with van der Waals surface area (Å²) in [6.45, 7) is 1.90. The fraction of sp³-hybridized carbons (Fsp3) is 0.105. The van der Waals surface area contributed by atoms with Gasteiger partial charge in [-0.2, -0.15) is 9.64 Å². The Balaban J connectivity index is 1.89. The molecule has 6 nitrogen and oxygen atoms in total. The van der Waals surface area contributed by atoms with Crippen molar-refractivity contribution in [2.45, 2.75) is 13.0 Å². The van der Waals surface area contributed by atoms with E-state index in [1.165, 1.54) is 11.5 Å². The van der Waals surface area contributed by atoms with Crippen molar-refractivity contribution in [3.63, 3.8) is 0 Å². The molecular formula is C19H17N5OS. The molecule has 1 aromatic heterocycles. The number of amides is 1. The van der Waals surface area contributed by atoms with Gasteiger partial charge in [0.1, 0.15) is 17.1 Å². The van der Waals surface area contributed by atoms with E-state index in [1.807, 2.05) is 43.3 Å². The third-order valence-electron chi connectivity index (χ3n) is 3.75. The number of nitriles is 1. The number of nitrogens with two attached hydrogens (primary N) is 1. The summed E-state index contributed by atoms with van der Waals surface area (Å²) in [4.78, 5) is 11.9. The Kier molecular flexibility index (Phi) is 5.15. The lowest BCUT2D eigenvalue weighted by molar-refractivity contribution is -0.118. The minimum atomic E-state index is -0.664. The molecule has 1 amide bonds. The molecule has 2 aromatic carbocycles. The second-order valence-corrected chi connectivity index (χ2v) is 6.53. The summed E-state index contributed by atoms with van der Waals surface area (Å²) in [5.41, 5.74) is 9.06. The fourth-order valence-electron chi connectivity index (χ4n) is 2.52. The monoisotopic (exact) mass is 363 g/mol. The number of rotatable bonds is 6. The van der Waals surface area contributed by atoms with Crippen molar-refractivity contribution < 1.29 is 4.79 Å². The molecule has 1 unspecified atom stereocenters. The van der Waals surface area contributed by atoms with E-state index >= 15 is 0 Å². The van der Waals surface area contributed by atoms with E-state index in [0.29, 0.717) is 16.9 Å². The number of primary amides is 1. The highest BCUT2D eigenvalue weighted by atomic mass is 32.1. The molecule has 1 atom stereocenters. The van der Waals surface area contributed by atoms with Crippen molar-refractivity contribution in [3.8, 4) is 6.07 Å². The average molecular weight is 363 g/mol. The minimum Gasteiger partial charge on any atom is -0.370 e. The van der Waals surface area contributed by atoms with Crippen LogP contribution in [0.2, 0.25) is 0 Å². The van der Waals surface area contributed by atoms with Gasteiger partial charge in [0.2, 0.25) is 5.91 Å². The molecule has 4 N–H and O–H groups in total. The van der Waals surface area contributed by atoms with Gasteiger partial charge in [0.25, 0.3) is 0 Å². The third-order valence-corrected chi connectivity index (χ3v) is 4.55. The summed E-state index contributed by atoms with van der Waals surface area (Å²) < 4.78 is 4.22. The van der Waals surface area contributed by atoms with Crippen LogP contribution in [0.1, 0.15) is 22.9 Å². The number of nitrogens with zero attached hydrogens (tertiary/aromatic N) is 2. The first kappa shape index (κ1) is 17.5. The zero-order chi connectivity index (χ0) is 18.5. The van der Waals surface area contributed by atoms with Crippen LogP contribution in [0.15, 0.2) is 54.6 Å². The van der Waals surface area contributed by atoms with Crippen LogP contribution in [-0.2, 0) is 4.79 Å². The highest BCUT2D eigenvalue weighted by Crippen LogP contribution is 2.28. The van der Waals surface area contributed by atoms with Crippen LogP contribution in [0.5, 0.6) is 0 Å². The molecule has 130 valence electrons. The van der Waals surface area contributed by atoms with Gasteiger partial charge in [-0.1, -0.05) is 30.3 Å². The predicted octanol–water partition coefficient (Wildman–Crippen LogP) is 3.71. The maximum absolute atomic E-state index is 11.9. The molecule has 0 bridgehead atoms. The van der Waals surface area contributed by atoms with Crippen LogP contribution in [0.25, 0.3) is 0 Å². The van der Waals surface area contributed by atoms with Gasteiger partial charge in [-0.3, -0.25) is 4.79 Å². The van der Waals surface area contributed by atoms with E-state index in [9.17, 15) is 10.1 Å². The number of aromatic nitrogens is 1. The van der Waals surface area contributed by atoms with Crippen LogP contribution >= 0.6 is 11.5 Å². The molecule has 0 aliphatic carbocycles. The molecule has 0 saturated carbocycles. The van der Waals surface area contributed by atoms with Crippen LogP contribution in [0.4, 0.5) is 16.4 Å². The highest BCUT2D eigenvalue weighted by Gasteiger charge is 2.18. The molecular weight excluding hydrogens is 346 g/mol. The molecule has 0 spiro atoms. The van der Waals surface area contributed by atoms with E-state index in [2.05, 4.69) is 21.1 Å². The number of benzene rings is 2. The number of nitrogens with one attached hydrogen (secondary N) is 2. The second kappa shape index (κ2) is 7.68. The summed E-state index contributed by atoms with van der Waals surface area (Å²) >= 11 is 1.32. The normalized spacial score (nSPS) is 11.4. The summed E-state index contributed by atoms with van der Waals surface area (Å²) in [6.07, 6.45) is 0. The summed E-state index contributed by atoms with van der Waals surface area (Å²) in [5.74, 6) is -0.479. The number of aryl methyl sites for hydroxylation is 1. The van der Waals surface area contributed by atoms with Gasteiger partial charge in [0, 0.05) is 5.69 Å². The van der Waals surface area contributed by atoms with Crippen molar-refractivity contribution >= 4 is 33.8 Å². The number of carbonyl (C=O) groups excluding carboxylic acids is 1. The molecule has 0 radical (unpaired) electrons. The lowest BCUT2D eigenvalue weighted by Crippen LogP contribution is -2.27. The molecule has 7 heteroatoms. The van der Waals surface area contributed by atoms with Gasteiger partial charge in [-0.05, 0) is 48.3 Å². The first-order valence-electron chi connectivity index (χ1n) is 7.92. The Morgan fingerprint density at radius 2 is 2.00 bits per heavy atom. The van der Waals surface area contributed by atoms with Crippen LogP contribution < -0.4 is 16.4 Å². The van der Waals surface area contributed by atoms with Crippen molar-refractivity contribution in [2.24, 2.45) is 5.73 Å². The number of hydrogen-bond donors (Lipinski definition) is 3. The second-order valence-electron chi connectivity index (χ2n) is 5.72. The topological polar surface area (TPSA) is 104 Å². The SMILES string of the molecule is Cc1cc(Nc2cc(NC(C(N)=O)c3ccccc3)ccc2C#N)sn1. The molecule has 3 aromatic rings. The Morgan fingerprint density at radius 3 is 2.62 bits per heavy atom. The fourth-order valence-corrected chi connectivity index (χ4v) is 3.19. The van der Waals surface area contributed by atoms with E-state index in [1.54, 1.807) is 18.2 Å². The first-order valence-corrected chi connectivity index (χ1v) is 8.69. The Hall–Kier alpha value is -3.37.